The van der Waals surface area contributed by atoms with Crippen molar-refractivity contribution in [2.24, 2.45) is 5.92 Å². The number of anilines is 2. The molecule has 2 amide bonds. The van der Waals surface area contributed by atoms with Gasteiger partial charge < -0.3 is 10.6 Å². The molecule has 26 heavy (non-hydrogen) atoms. The molecule has 0 aliphatic carbocycles. The number of piperidine rings is 1. The van der Waals surface area contributed by atoms with Crippen LogP contribution in [0.25, 0.3) is 0 Å². The van der Waals surface area contributed by atoms with Crippen molar-refractivity contribution >= 4 is 34.5 Å². The molecular weight excluding hydrogens is 346 g/mol. The van der Waals surface area contributed by atoms with E-state index in [1.54, 1.807) is 6.07 Å². The lowest BCUT2D eigenvalue weighted by Gasteiger charge is -2.30. The first kappa shape index (κ1) is 18.6. The molecule has 2 heterocycles. The molecule has 1 unspecified atom stereocenters. The van der Waals surface area contributed by atoms with Crippen LogP contribution in [-0.4, -0.2) is 36.3 Å². The molecule has 1 aliphatic heterocycles. The first-order chi connectivity index (χ1) is 12.5. The highest BCUT2D eigenvalue weighted by Gasteiger charge is 2.18. The second-order valence-corrected chi connectivity index (χ2v) is 7.94. The predicted molar refractivity (Wildman–Crippen MR) is 107 cm³/mol. The summed E-state index contributed by atoms with van der Waals surface area (Å²) >= 11 is 1.41. The number of nitrogens with zero attached hydrogens (tertiary/aromatic N) is 1. The Morgan fingerprint density at radius 3 is 2.81 bits per heavy atom. The number of benzene rings is 1. The zero-order valence-corrected chi connectivity index (χ0v) is 16.1. The number of carbonyl (C=O) groups excluding carboxylic acids is 2. The monoisotopic (exact) mass is 371 g/mol. The van der Waals surface area contributed by atoms with Crippen LogP contribution in [0.5, 0.6) is 0 Å². The first-order valence-corrected chi connectivity index (χ1v) is 9.87. The highest BCUT2D eigenvalue weighted by Crippen LogP contribution is 2.21. The fraction of sp³-hybridized carbons (Fsp3) is 0.400. The fourth-order valence-corrected chi connectivity index (χ4v) is 3.92. The first-order valence-electron chi connectivity index (χ1n) is 8.99. The van der Waals surface area contributed by atoms with Crippen LogP contribution in [0.4, 0.5) is 11.4 Å². The summed E-state index contributed by atoms with van der Waals surface area (Å²) in [6, 6.07) is 9.19. The van der Waals surface area contributed by atoms with Crippen LogP contribution in [0, 0.1) is 12.8 Å². The molecule has 1 aromatic heterocycles. The van der Waals surface area contributed by atoms with E-state index in [1.165, 1.54) is 17.8 Å². The summed E-state index contributed by atoms with van der Waals surface area (Å²) in [5.74, 6) is 0.553. The number of hydrogen-bond donors (Lipinski definition) is 2. The van der Waals surface area contributed by atoms with Crippen molar-refractivity contribution in [1.29, 1.82) is 0 Å². The number of thiophene rings is 1. The Hall–Kier alpha value is -2.18. The van der Waals surface area contributed by atoms with Gasteiger partial charge in [0.2, 0.25) is 5.91 Å². The molecule has 138 valence electrons. The minimum absolute atomic E-state index is 0.0116. The molecule has 3 rings (SSSR count). The van der Waals surface area contributed by atoms with Gasteiger partial charge in [0.15, 0.2) is 0 Å². The number of aryl methyl sites for hydroxylation is 1. The second-order valence-electron chi connectivity index (χ2n) is 6.99. The average Bonchev–Trinajstić information content (AvgIpc) is 3.12. The van der Waals surface area contributed by atoms with E-state index in [-0.39, 0.29) is 11.8 Å². The van der Waals surface area contributed by atoms with Crippen LogP contribution in [0.3, 0.4) is 0 Å². The molecule has 0 radical (unpaired) electrons. The largest absolute Gasteiger partial charge is 0.325 e. The normalized spacial score (nSPS) is 17.7. The SMILES string of the molecule is Cc1cc(NC(=O)c2cccs2)ccc1NC(=O)CN1CCCC(C)C1. The predicted octanol–water partition coefficient (Wildman–Crippen LogP) is 3.98. The maximum atomic E-state index is 12.3. The third-order valence-electron chi connectivity index (χ3n) is 4.61. The molecule has 2 aromatic rings. The van der Waals surface area contributed by atoms with Gasteiger partial charge in [-0.3, -0.25) is 14.5 Å². The molecule has 6 heteroatoms. The average molecular weight is 372 g/mol. The highest BCUT2D eigenvalue weighted by atomic mass is 32.1. The zero-order valence-electron chi connectivity index (χ0n) is 15.2. The third kappa shape index (κ3) is 4.93. The van der Waals surface area contributed by atoms with Crippen LogP contribution >= 0.6 is 11.3 Å². The molecule has 5 nitrogen and oxygen atoms in total. The quantitative estimate of drug-likeness (QED) is 0.836. The minimum Gasteiger partial charge on any atom is -0.325 e. The maximum Gasteiger partial charge on any atom is 0.265 e. The summed E-state index contributed by atoms with van der Waals surface area (Å²) in [6.07, 6.45) is 2.40. The minimum atomic E-state index is -0.115. The van der Waals surface area contributed by atoms with Gasteiger partial charge in [-0.1, -0.05) is 13.0 Å². The van der Waals surface area contributed by atoms with E-state index in [0.29, 0.717) is 17.3 Å². The smallest absolute Gasteiger partial charge is 0.265 e. The molecule has 1 aliphatic rings. The zero-order chi connectivity index (χ0) is 18.5. The van der Waals surface area contributed by atoms with Crippen molar-refractivity contribution in [3.05, 3.63) is 46.2 Å². The van der Waals surface area contributed by atoms with Gasteiger partial charge in [-0.2, -0.15) is 0 Å². The lowest BCUT2D eigenvalue weighted by atomic mass is 10.0. The van der Waals surface area contributed by atoms with Gasteiger partial charge in [0.05, 0.1) is 11.4 Å². The van der Waals surface area contributed by atoms with Gasteiger partial charge in [-0.15, -0.1) is 11.3 Å². The topological polar surface area (TPSA) is 61.4 Å². The molecule has 2 N–H and O–H groups in total. The summed E-state index contributed by atoms with van der Waals surface area (Å²) in [7, 11) is 0. The van der Waals surface area contributed by atoms with Gasteiger partial charge in [-0.05, 0) is 67.4 Å². The number of rotatable bonds is 5. The molecular formula is C20H25N3O2S. The Morgan fingerprint density at radius 2 is 2.12 bits per heavy atom. The van der Waals surface area contributed by atoms with E-state index >= 15 is 0 Å². The van der Waals surface area contributed by atoms with Crippen molar-refractivity contribution in [2.45, 2.75) is 26.7 Å². The van der Waals surface area contributed by atoms with Crippen LogP contribution < -0.4 is 10.6 Å². The van der Waals surface area contributed by atoms with Gasteiger partial charge in [0.1, 0.15) is 0 Å². The summed E-state index contributed by atoms with van der Waals surface area (Å²) < 4.78 is 0. The Morgan fingerprint density at radius 1 is 1.27 bits per heavy atom. The van der Waals surface area contributed by atoms with E-state index in [9.17, 15) is 9.59 Å². The van der Waals surface area contributed by atoms with Crippen molar-refractivity contribution in [3.8, 4) is 0 Å². The van der Waals surface area contributed by atoms with Crippen LogP contribution in [-0.2, 0) is 4.79 Å². The molecule has 1 saturated heterocycles. The Labute approximate surface area is 158 Å². The van der Waals surface area contributed by atoms with Crippen LogP contribution in [0.1, 0.15) is 35.0 Å². The van der Waals surface area contributed by atoms with Crippen LogP contribution in [0.15, 0.2) is 35.7 Å². The lowest BCUT2D eigenvalue weighted by molar-refractivity contribution is -0.117. The Balaban J connectivity index is 1.57. The Kier molecular flexibility index (Phi) is 6.06. The number of amides is 2. The maximum absolute atomic E-state index is 12.3. The molecule has 1 fully saturated rings. The standard InChI is InChI=1S/C20H25N3O2S/c1-14-5-3-9-23(12-14)13-19(24)22-17-8-7-16(11-15(17)2)21-20(25)18-6-4-10-26-18/h4,6-8,10-11,14H,3,5,9,12-13H2,1-2H3,(H,21,25)(H,22,24). The molecule has 0 saturated carbocycles. The molecule has 1 atom stereocenters. The van der Waals surface area contributed by atoms with Crippen molar-refractivity contribution in [1.82, 2.24) is 4.90 Å². The fourth-order valence-electron chi connectivity index (χ4n) is 3.31. The summed E-state index contributed by atoms with van der Waals surface area (Å²) in [5, 5.41) is 7.75. The molecule has 0 bridgehead atoms. The second kappa shape index (κ2) is 8.47. The van der Waals surface area contributed by atoms with Crippen molar-refractivity contribution in [2.75, 3.05) is 30.3 Å². The van der Waals surface area contributed by atoms with E-state index in [2.05, 4.69) is 22.5 Å². The van der Waals surface area contributed by atoms with Gasteiger partial charge in [0, 0.05) is 17.9 Å². The highest BCUT2D eigenvalue weighted by molar-refractivity contribution is 7.12. The summed E-state index contributed by atoms with van der Waals surface area (Å²) in [4.78, 5) is 27.4. The lowest BCUT2D eigenvalue weighted by Crippen LogP contribution is -2.39. The van der Waals surface area contributed by atoms with Gasteiger partial charge >= 0.3 is 0 Å². The van der Waals surface area contributed by atoms with E-state index in [0.717, 1.165) is 36.4 Å². The number of hydrogen-bond acceptors (Lipinski definition) is 4. The van der Waals surface area contributed by atoms with Gasteiger partial charge in [-0.25, -0.2) is 0 Å². The molecule has 0 spiro atoms. The van der Waals surface area contributed by atoms with E-state index in [1.807, 2.05) is 36.6 Å². The van der Waals surface area contributed by atoms with E-state index in [4.69, 9.17) is 0 Å². The Bertz CT molecular complexity index is 773. The summed E-state index contributed by atoms with van der Waals surface area (Å²) in [5.41, 5.74) is 2.44. The number of carbonyl (C=O) groups is 2. The van der Waals surface area contributed by atoms with Crippen LogP contribution in [0.2, 0.25) is 0 Å². The number of nitrogens with one attached hydrogen (secondary N) is 2. The van der Waals surface area contributed by atoms with Crippen molar-refractivity contribution < 1.29 is 9.59 Å². The van der Waals surface area contributed by atoms with Crippen molar-refractivity contribution in [3.63, 3.8) is 0 Å². The summed E-state index contributed by atoms with van der Waals surface area (Å²) in [6.45, 7) is 6.57. The van der Waals surface area contributed by atoms with Gasteiger partial charge in [0.25, 0.3) is 5.91 Å². The third-order valence-corrected chi connectivity index (χ3v) is 5.48. The molecule has 1 aromatic carbocycles. The number of likely N-dealkylation sites (tertiary alicyclic amines) is 1. The van der Waals surface area contributed by atoms with E-state index < -0.39 is 0 Å².